The van der Waals surface area contributed by atoms with Crippen molar-refractivity contribution in [2.75, 3.05) is 0 Å². The van der Waals surface area contributed by atoms with Gasteiger partial charge in [-0.1, -0.05) is 5.21 Å². The predicted octanol–water partition coefficient (Wildman–Crippen LogP) is 2.81. The molecule has 0 spiro atoms. The zero-order chi connectivity index (χ0) is 13.4. The van der Waals surface area contributed by atoms with E-state index in [1.54, 1.807) is 10.7 Å². The van der Waals surface area contributed by atoms with Crippen LogP contribution < -0.4 is 5.73 Å². The van der Waals surface area contributed by atoms with Crippen molar-refractivity contribution in [3.8, 4) is 5.69 Å². The molecule has 2 aromatic rings. The van der Waals surface area contributed by atoms with E-state index >= 15 is 0 Å². The Kier molecular flexibility index (Phi) is 3.49. The molecular weight excluding hydrogens is 299 g/mol. The summed E-state index contributed by atoms with van der Waals surface area (Å²) in [6, 6.07) is 2.96. The van der Waals surface area contributed by atoms with Gasteiger partial charge in [-0.05, 0) is 48.3 Å². The van der Waals surface area contributed by atoms with Gasteiger partial charge in [-0.3, -0.25) is 0 Å². The largest absolute Gasteiger partial charge is 0.323 e. The molecule has 4 nitrogen and oxygen atoms in total. The first-order chi connectivity index (χ1) is 8.41. The van der Waals surface area contributed by atoms with Crippen molar-refractivity contribution in [3.05, 3.63) is 39.4 Å². The average molecular weight is 313 g/mol. The summed E-state index contributed by atoms with van der Waals surface area (Å²) >= 11 is 3.16. The number of hydrogen-bond acceptors (Lipinski definition) is 3. The van der Waals surface area contributed by atoms with Crippen LogP contribution in [0, 0.1) is 19.7 Å². The Morgan fingerprint density at radius 3 is 2.61 bits per heavy atom. The van der Waals surface area contributed by atoms with Gasteiger partial charge < -0.3 is 5.73 Å². The van der Waals surface area contributed by atoms with E-state index in [9.17, 15) is 4.39 Å². The molecule has 0 aliphatic rings. The molecular formula is C12H14BrFN4. The lowest BCUT2D eigenvalue weighted by molar-refractivity contribution is 0.617. The first kappa shape index (κ1) is 13.2. The highest BCUT2D eigenvalue weighted by molar-refractivity contribution is 9.10. The highest BCUT2D eigenvalue weighted by atomic mass is 79.9. The van der Waals surface area contributed by atoms with E-state index in [0.29, 0.717) is 10.2 Å². The SMILES string of the molecule is Cc1cc(Br)c(F)cc1-n1nnc(C(C)N)c1C. The number of nitrogens with zero attached hydrogens (tertiary/aromatic N) is 3. The summed E-state index contributed by atoms with van der Waals surface area (Å²) in [5.74, 6) is -0.326. The zero-order valence-corrected chi connectivity index (χ0v) is 12.0. The Morgan fingerprint density at radius 2 is 2.06 bits per heavy atom. The third-order valence-corrected chi connectivity index (χ3v) is 3.44. The molecule has 1 heterocycles. The number of aryl methyl sites for hydroxylation is 1. The molecule has 0 bridgehead atoms. The smallest absolute Gasteiger partial charge is 0.139 e. The Labute approximate surface area is 113 Å². The van der Waals surface area contributed by atoms with E-state index < -0.39 is 0 Å². The Balaban J connectivity index is 2.59. The summed E-state index contributed by atoms with van der Waals surface area (Å²) in [5.41, 5.74) is 8.93. The highest BCUT2D eigenvalue weighted by Crippen LogP contribution is 2.24. The number of aromatic nitrogens is 3. The zero-order valence-electron chi connectivity index (χ0n) is 10.4. The van der Waals surface area contributed by atoms with Crippen LogP contribution in [0.4, 0.5) is 4.39 Å². The molecule has 0 radical (unpaired) electrons. The van der Waals surface area contributed by atoms with Crippen molar-refractivity contribution in [1.82, 2.24) is 15.0 Å². The lowest BCUT2D eigenvalue weighted by Gasteiger charge is -2.09. The van der Waals surface area contributed by atoms with E-state index in [1.165, 1.54) is 6.07 Å². The van der Waals surface area contributed by atoms with Crippen LogP contribution in [0.3, 0.4) is 0 Å². The minimum atomic E-state index is -0.326. The van der Waals surface area contributed by atoms with Gasteiger partial charge in [-0.2, -0.15) is 0 Å². The lowest BCUT2D eigenvalue weighted by Crippen LogP contribution is -2.08. The molecule has 1 aromatic heterocycles. The molecule has 1 aromatic carbocycles. The lowest BCUT2D eigenvalue weighted by atomic mass is 10.1. The number of rotatable bonds is 2. The number of nitrogens with two attached hydrogens (primary N) is 1. The van der Waals surface area contributed by atoms with Gasteiger partial charge in [0.25, 0.3) is 0 Å². The molecule has 0 amide bonds. The molecule has 0 aliphatic heterocycles. The molecule has 96 valence electrons. The van der Waals surface area contributed by atoms with Gasteiger partial charge in [0.15, 0.2) is 0 Å². The molecule has 18 heavy (non-hydrogen) atoms. The Hall–Kier alpha value is -1.27. The normalized spacial score (nSPS) is 12.8. The van der Waals surface area contributed by atoms with Gasteiger partial charge in [-0.25, -0.2) is 9.07 Å². The third-order valence-electron chi connectivity index (χ3n) is 2.83. The van der Waals surface area contributed by atoms with Gasteiger partial charge in [-0.15, -0.1) is 5.10 Å². The second-order valence-corrected chi connectivity index (χ2v) is 5.17. The van der Waals surface area contributed by atoms with Crippen LogP contribution in [0.15, 0.2) is 16.6 Å². The van der Waals surface area contributed by atoms with Crippen LogP contribution in [-0.2, 0) is 0 Å². The fourth-order valence-electron chi connectivity index (χ4n) is 1.85. The average Bonchev–Trinajstić information content (AvgIpc) is 2.66. The monoisotopic (exact) mass is 312 g/mol. The number of hydrogen-bond donors (Lipinski definition) is 1. The molecule has 0 saturated carbocycles. The van der Waals surface area contributed by atoms with Crippen LogP contribution in [0.25, 0.3) is 5.69 Å². The summed E-state index contributed by atoms with van der Waals surface area (Å²) in [7, 11) is 0. The quantitative estimate of drug-likeness (QED) is 0.927. The third kappa shape index (κ3) is 2.18. The van der Waals surface area contributed by atoms with Crippen molar-refractivity contribution in [2.45, 2.75) is 26.8 Å². The van der Waals surface area contributed by atoms with Crippen molar-refractivity contribution < 1.29 is 4.39 Å². The first-order valence-electron chi connectivity index (χ1n) is 5.55. The highest BCUT2D eigenvalue weighted by Gasteiger charge is 2.15. The van der Waals surface area contributed by atoms with Gasteiger partial charge in [0, 0.05) is 12.1 Å². The van der Waals surface area contributed by atoms with Crippen LogP contribution in [0.5, 0.6) is 0 Å². The van der Waals surface area contributed by atoms with E-state index in [-0.39, 0.29) is 11.9 Å². The Bertz CT molecular complexity index is 592. The number of halogens is 2. The molecule has 6 heteroatoms. The summed E-state index contributed by atoms with van der Waals surface area (Å²) in [6.45, 7) is 5.61. The molecule has 0 fully saturated rings. The van der Waals surface area contributed by atoms with Crippen LogP contribution >= 0.6 is 15.9 Å². The summed E-state index contributed by atoms with van der Waals surface area (Å²) < 4.78 is 15.7. The van der Waals surface area contributed by atoms with Crippen molar-refractivity contribution in [3.63, 3.8) is 0 Å². The molecule has 0 saturated heterocycles. The maximum Gasteiger partial charge on any atom is 0.139 e. The van der Waals surface area contributed by atoms with Gasteiger partial charge >= 0.3 is 0 Å². The van der Waals surface area contributed by atoms with Gasteiger partial charge in [0.1, 0.15) is 11.5 Å². The molecule has 1 unspecified atom stereocenters. The van der Waals surface area contributed by atoms with Crippen LogP contribution in [-0.4, -0.2) is 15.0 Å². The Morgan fingerprint density at radius 1 is 1.39 bits per heavy atom. The molecule has 1 atom stereocenters. The first-order valence-corrected chi connectivity index (χ1v) is 6.35. The summed E-state index contributed by atoms with van der Waals surface area (Å²) in [6.07, 6.45) is 0. The van der Waals surface area contributed by atoms with Crippen LogP contribution in [0.1, 0.15) is 29.9 Å². The fourth-order valence-corrected chi connectivity index (χ4v) is 2.31. The molecule has 0 aliphatic carbocycles. The summed E-state index contributed by atoms with van der Waals surface area (Å²) in [5, 5.41) is 8.08. The molecule has 2 rings (SSSR count). The maximum atomic E-state index is 13.6. The second-order valence-electron chi connectivity index (χ2n) is 4.31. The molecule has 2 N–H and O–H groups in total. The minimum absolute atomic E-state index is 0.195. The van der Waals surface area contributed by atoms with Crippen molar-refractivity contribution >= 4 is 15.9 Å². The van der Waals surface area contributed by atoms with Crippen LogP contribution in [0.2, 0.25) is 0 Å². The summed E-state index contributed by atoms with van der Waals surface area (Å²) in [4.78, 5) is 0. The fraction of sp³-hybridized carbons (Fsp3) is 0.333. The van der Waals surface area contributed by atoms with E-state index in [4.69, 9.17) is 5.73 Å². The topological polar surface area (TPSA) is 56.7 Å². The number of benzene rings is 1. The van der Waals surface area contributed by atoms with E-state index in [1.807, 2.05) is 20.8 Å². The van der Waals surface area contributed by atoms with Crippen molar-refractivity contribution in [2.24, 2.45) is 5.73 Å². The van der Waals surface area contributed by atoms with Crippen molar-refractivity contribution in [1.29, 1.82) is 0 Å². The standard InChI is InChI=1S/C12H14BrFN4/c1-6-4-9(13)10(14)5-11(6)18-8(3)12(7(2)15)16-17-18/h4-5,7H,15H2,1-3H3. The van der Waals surface area contributed by atoms with Gasteiger partial charge in [0.05, 0.1) is 15.9 Å². The van der Waals surface area contributed by atoms with Gasteiger partial charge in [0.2, 0.25) is 0 Å². The predicted molar refractivity (Wildman–Crippen MR) is 71.1 cm³/mol. The second kappa shape index (κ2) is 4.78. The maximum absolute atomic E-state index is 13.6. The van der Waals surface area contributed by atoms with E-state index in [2.05, 4.69) is 26.2 Å². The van der Waals surface area contributed by atoms with E-state index in [0.717, 1.165) is 17.0 Å². The minimum Gasteiger partial charge on any atom is -0.323 e.